The molecule has 1 N–H and O–H groups in total. The van der Waals surface area contributed by atoms with E-state index in [1.807, 2.05) is 0 Å². The summed E-state index contributed by atoms with van der Waals surface area (Å²) in [5, 5.41) is 3.62. The van der Waals surface area contributed by atoms with Crippen LogP contribution in [0.15, 0.2) is 0 Å². The molecule has 0 bridgehead atoms. The normalized spacial score (nSPS) is 16.9. The molecule has 2 aliphatic rings. The first-order chi connectivity index (χ1) is 29.0. The van der Waals surface area contributed by atoms with Gasteiger partial charge in [0.2, 0.25) is 11.8 Å². The van der Waals surface area contributed by atoms with E-state index < -0.39 is 0 Å². The average Bonchev–Trinajstić information content (AvgIpc) is 3.52. The van der Waals surface area contributed by atoms with Gasteiger partial charge in [-0.1, -0.05) is 233 Å². The van der Waals surface area contributed by atoms with Gasteiger partial charge in [0.15, 0.2) is 0 Å². The highest BCUT2D eigenvalue weighted by atomic mass is 16.2. The third-order valence-corrected chi connectivity index (χ3v) is 14.5. The quantitative estimate of drug-likeness (QED) is 0.0496. The molecule has 1 heterocycles. The van der Waals surface area contributed by atoms with E-state index >= 15 is 0 Å². The molecular weight excluding hydrogens is 723 g/mol. The first-order valence-electron chi connectivity index (χ1n) is 27.4. The van der Waals surface area contributed by atoms with Crippen molar-refractivity contribution < 1.29 is 9.59 Å². The Morgan fingerprint density at radius 3 is 1.31 bits per heavy atom. The Morgan fingerprint density at radius 2 is 0.898 bits per heavy atom. The molecule has 2 unspecified atom stereocenters. The molecule has 0 aromatic carbocycles. The summed E-state index contributed by atoms with van der Waals surface area (Å²) in [6.07, 6.45) is 50.9. The highest BCUT2D eigenvalue weighted by Crippen LogP contribution is 2.30. The van der Waals surface area contributed by atoms with Crippen molar-refractivity contribution in [3.63, 3.8) is 0 Å². The van der Waals surface area contributed by atoms with Crippen LogP contribution in [-0.2, 0) is 9.59 Å². The number of nitrogens with zero attached hydrogens (tertiary/aromatic N) is 2. The van der Waals surface area contributed by atoms with Gasteiger partial charge >= 0.3 is 0 Å². The summed E-state index contributed by atoms with van der Waals surface area (Å²) in [7, 11) is 0. The van der Waals surface area contributed by atoms with E-state index in [4.69, 9.17) is 0 Å². The predicted octanol–water partition coefficient (Wildman–Crippen LogP) is 15.9. The first-order valence-corrected chi connectivity index (χ1v) is 27.4. The van der Waals surface area contributed by atoms with Crippen LogP contribution in [0.3, 0.4) is 0 Å². The van der Waals surface area contributed by atoms with Gasteiger partial charge in [-0.05, 0) is 76.4 Å². The molecule has 0 aromatic heterocycles. The zero-order chi connectivity index (χ0) is 42.4. The number of hydrogen-bond donors (Lipinski definition) is 1. The van der Waals surface area contributed by atoms with Gasteiger partial charge < -0.3 is 15.1 Å². The largest absolute Gasteiger partial charge is 0.352 e. The fraction of sp³-hybridized carbons (Fsp3) is 0.963. The molecule has 2 atom stereocenters. The summed E-state index contributed by atoms with van der Waals surface area (Å²) in [5.74, 6) is 1.22. The fourth-order valence-corrected chi connectivity index (χ4v) is 10.5. The van der Waals surface area contributed by atoms with Crippen LogP contribution in [0.25, 0.3) is 0 Å². The van der Waals surface area contributed by atoms with E-state index in [1.165, 1.54) is 212 Å². The van der Waals surface area contributed by atoms with Crippen LogP contribution >= 0.6 is 0 Å². The van der Waals surface area contributed by atoms with Crippen LogP contribution < -0.4 is 5.32 Å². The lowest BCUT2D eigenvalue weighted by Gasteiger charge is -2.42. The Labute approximate surface area is 369 Å². The van der Waals surface area contributed by atoms with Gasteiger partial charge in [0.1, 0.15) is 6.04 Å². The number of carbonyl (C=O) groups excluding carboxylic acids is 2. The highest BCUT2D eigenvalue weighted by Gasteiger charge is 2.39. The van der Waals surface area contributed by atoms with Crippen molar-refractivity contribution in [3.05, 3.63) is 0 Å². The van der Waals surface area contributed by atoms with Gasteiger partial charge in [-0.25, -0.2) is 0 Å². The number of nitrogens with one attached hydrogen (secondary N) is 1. The number of carbonyl (C=O) groups is 2. The maximum Gasteiger partial charge on any atom is 0.243 e. The molecule has 0 aromatic rings. The van der Waals surface area contributed by atoms with Crippen molar-refractivity contribution in [1.82, 2.24) is 15.1 Å². The summed E-state index contributed by atoms with van der Waals surface area (Å²) in [4.78, 5) is 34.4. The number of rotatable bonds is 39. The SMILES string of the molecule is CCCCCCCCCCCCCC(=O)N(CC(CCCCCCCCCC)CCCCCCCCCCCC)C(C(=O)NC1CCCCCC1)C1CCN(CC)CC1. The Kier molecular flexibility index (Phi) is 35.3. The molecule has 1 saturated carbocycles. The molecule has 1 aliphatic heterocycles. The maximum absolute atomic E-state index is 14.8. The van der Waals surface area contributed by atoms with E-state index in [-0.39, 0.29) is 29.8 Å². The molecule has 348 valence electrons. The minimum Gasteiger partial charge on any atom is -0.352 e. The molecule has 1 saturated heterocycles. The summed E-state index contributed by atoms with van der Waals surface area (Å²) >= 11 is 0. The molecule has 0 radical (unpaired) electrons. The predicted molar refractivity (Wildman–Crippen MR) is 258 cm³/mol. The van der Waals surface area contributed by atoms with Crippen molar-refractivity contribution in [1.29, 1.82) is 0 Å². The van der Waals surface area contributed by atoms with E-state index in [0.29, 0.717) is 12.3 Å². The van der Waals surface area contributed by atoms with Gasteiger partial charge in [0.25, 0.3) is 0 Å². The number of unbranched alkanes of at least 4 members (excludes halogenated alkanes) is 26. The lowest BCUT2D eigenvalue weighted by Crippen LogP contribution is -2.57. The molecule has 2 amide bonds. The molecular formula is C54H105N3O2. The summed E-state index contributed by atoms with van der Waals surface area (Å²) in [5.41, 5.74) is 0. The molecule has 2 rings (SSSR count). The second kappa shape index (κ2) is 38.6. The summed E-state index contributed by atoms with van der Waals surface area (Å²) in [6.45, 7) is 13.1. The molecule has 1 aliphatic carbocycles. The molecule has 0 spiro atoms. The van der Waals surface area contributed by atoms with Crippen LogP contribution in [0.5, 0.6) is 0 Å². The Bertz CT molecular complexity index is 940. The number of piperidine rings is 1. The van der Waals surface area contributed by atoms with Crippen molar-refractivity contribution in [2.75, 3.05) is 26.2 Å². The average molecular weight is 828 g/mol. The molecule has 59 heavy (non-hydrogen) atoms. The zero-order valence-electron chi connectivity index (χ0n) is 40.6. The van der Waals surface area contributed by atoms with Gasteiger partial charge in [0, 0.05) is 19.0 Å². The molecule has 5 nitrogen and oxygen atoms in total. The lowest BCUT2D eigenvalue weighted by molar-refractivity contribution is -0.145. The summed E-state index contributed by atoms with van der Waals surface area (Å²) < 4.78 is 0. The van der Waals surface area contributed by atoms with E-state index in [1.54, 1.807) is 0 Å². The Hall–Kier alpha value is -1.10. The van der Waals surface area contributed by atoms with Crippen LogP contribution in [0.4, 0.5) is 0 Å². The van der Waals surface area contributed by atoms with Gasteiger partial charge in [0.05, 0.1) is 0 Å². The second-order valence-electron chi connectivity index (χ2n) is 19.8. The summed E-state index contributed by atoms with van der Waals surface area (Å²) in [6, 6.07) is -0.0437. The van der Waals surface area contributed by atoms with Gasteiger partial charge in [-0.3, -0.25) is 9.59 Å². The standard InChI is InChI=1S/C54H105N3O2/c1-5-9-12-15-18-21-23-25-28-31-38-43-52(58)57(53(50-44-46-56(8-4)47-45-50)54(59)55-51-41-36-32-33-37-42-51)48-49(39-34-29-26-20-17-14-11-7-3)40-35-30-27-24-22-19-16-13-10-6-2/h49-51,53H,5-48H2,1-4H3,(H,55,59). The van der Waals surface area contributed by atoms with Crippen LogP contribution in [0, 0.1) is 11.8 Å². The van der Waals surface area contributed by atoms with E-state index in [2.05, 4.69) is 42.8 Å². The third-order valence-electron chi connectivity index (χ3n) is 14.5. The topological polar surface area (TPSA) is 52.7 Å². The van der Waals surface area contributed by atoms with Crippen molar-refractivity contribution in [3.8, 4) is 0 Å². The maximum atomic E-state index is 14.8. The van der Waals surface area contributed by atoms with Crippen molar-refractivity contribution in [2.45, 2.75) is 297 Å². The van der Waals surface area contributed by atoms with Gasteiger partial charge in [-0.15, -0.1) is 0 Å². The zero-order valence-corrected chi connectivity index (χ0v) is 40.6. The van der Waals surface area contributed by atoms with Crippen LogP contribution in [0.1, 0.15) is 285 Å². The highest BCUT2D eigenvalue weighted by molar-refractivity contribution is 5.88. The number of hydrogen-bond acceptors (Lipinski definition) is 3. The number of likely N-dealkylation sites (tertiary alicyclic amines) is 1. The lowest BCUT2D eigenvalue weighted by atomic mass is 9.85. The Balaban J connectivity index is 2.18. The Morgan fingerprint density at radius 1 is 0.508 bits per heavy atom. The third kappa shape index (κ3) is 27.5. The smallest absolute Gasteiger partial charge is 0.243 e. The van der Waals surface area contributed by atoms with Crippen molar-refractivity contribution >= 4 is 11.8 Å². The minimum atomic E-state index is -0.314. The first kappa shape index (κ1) is 54.0. The second-order valence-corrected chi connectivity index (χ2v) is 19.8. The van der Waals surface area contributed by atoms with E-state index in [9.17, 15) is 9.59 Å². The van der Waals surface area contributed by atoms with E-state index in [0.717, 1.165) is 64.7 Å². The minimum absolute atomic E-state index is 0.184. The molecule has 2 fully saturated rings. The monoisotopic (exact) mass is 828 g/mol. The van der Waals surface area contributed by atoms with Crippen LogP contribution in [0.2, 0.25) is 0 Å². The molecule has 5 heteroatoms. The van der Waals surface area contributed by atoms with Gasteiger partial charge in [-0.2, -0.15) is 0 Å². The fourth-order valence-electron chi connectivity index (χ4n) is 10.5. The van der Waals surface area contributed by atoms with Crippen molar-refractivity contribution in [2.24, 2.45) is 11.8 Å². The number of amides is 2. The van der Waals surface area contributed by atoms with Crippen LogP contribution in [-0.4, -0.2) is 59.9 Å².